The fourth-order valence-corrected chi connectivity index (χ4v) is 1.41. The van der Waals surface area contributed by atoms with Crippen LogP contribution in [0, 0.1) is 0 Å². The van der Waals surface area contributed by atoms with Crippen molar-refractivity contribution in [1.29, 1.82) is 0 Å². The van der Waals surface area contributed by atoms with Crippen LogP contribution in [0.3, 0.4) is 0 Å². The van der Waals surface area contributed by atoms with E-state index >= 15 is 0 Å². The average Bonchev–Trinajstić information content (AvgIpc) is 2.26. The van der Waals surface area contributed by atoms with Gasteiger partial charge < -0.3 is 10.1 Å². The van der Waals surface area contributed by atoms with Crippen molar-refractivity contribution in [3.8, 4) is 5.75 Å². The van der Waals surface area contributed by atoms with Gasteiger partial charge in [0.25, 0.3) is 0 Å². The predicted octanol–water partition coefficient (Wildman–Crippen LogP) is 2.41. The van der Waals surface area contributed by atoms with Gasteiger partial charge in [-0.15, -0.1) is 0 Å². The molecule has 0 radical (unpaired) electrons. The highest BCUT2D eigenvalue weighted by molar-refractivity contribution is 5.29. The molecule has 1 atom stereocenters. The highest BCUT2D eigenvalue weighted by atomic mass is 16.5. The maximum Gasteiger partial charge on any atom is 0.118 e. The van der Waals surface area contributed by atoms with Crippen molar-refractivity contribution in [2.24, 2.45) is 0 Å². The highest BCUT2D eigenvalue weighted by Gasteiger charge is 2.03. The van der Waals surface area contributed by atoms with Gasteiger partial charge in [0.05, 0.1) is 7.11 Å². The van der Waals surface area contributed by atoms with Gasteiger partial charge in [0.2, 0.25) is 0 Å². The van der Waals surface area contributed by atoms with Crippen LogP contribution in [0.2, 0.25) is 0 Å². The molecule has 14 heavy (non-hydrogen) atoms. The summed E-state index contributed by atoms with van der Waals surface area (Å²) in [4.78, 5) is 0. The van der Waals surface area contributed by atoms with Crippen molar-refractivity contribution in [2.45, 2.75) is 19.8 Å². The summed E-state index contributed by atoms with van der Waals surface area (Å²) in [5.41, 5.74) is 1.35. The SMILES string of the molecule is CCNCC(C)c1ccc(OC)cc1. The molecule has 78 valence electrons. The lowest BCUT2D eigenvalue weighted by Gasteiger charge is -2.12. The molecule has 0 aliphatic heterocycles. The molecule has 0 aliphatic carbocycles. The standard InChI is InChI=1S/C12H19NO/c1-4-13-9-10(2)11-5-7-12(14-3)8-6-11/h5-8,10,13H,4,9H2,1-3H3. The summed E-state index contributed by atoms with van der Waals surface area (Å²) in [6.45, 7) is 6.41. The summed E-state index contributed by atoms with van der Waals surface area (Å²) in [6, 6.07) is 8.28. The molecule has 1 N–H and O–H groups in total. The van der Waals surface area contributed by atoms with E-state index in [2.05, 4.69) is 31.3 Å². The van der Waals surface area contributed by atoms with Crippen LogP contribution in [0.25, 0.3) is 0 Å². The zero-order chi connectivity index (χ0) is 10.4. The molecule has 0 bridgehead atoms. The largest absolute Gasteiger partial charge is 0.497 e. The van der Waals surface area contributed by atoms with E-state index in [9.17, 15) is 0 Å². The first-order valence-corrected chi connectivity index (χ1v) is 5.12. The van der Waals surface area contributed by atoms with E-state index in [1.54, 1.807) is 7.11 Å². The Bertz CT molecular complexity index is 256. The molecule has 1 unspecified atom stereocenters. The van der Waals surface area contributed by atoms with Crippen molar-refractivity contribution in [1.82, 2.24) is 5.32 Å². The molecule has 0 amide bonds. The van der Waals surface area contributed by atoms with Gasteiger partial charge in [-0.2, -0.15) is 0 Å². The van der Waals surface area contributed by atoms with Crippen LogP contribution >= 0.6 is 0 Å². The lowest BCUT2D eigenvalue weighted by molar-refractivity contribution is 0.414. The summed E-state index contributed by atoms with van der Waals surface area (Å²) >= 11 is 0. The van der Waals surface area contributed by atoms with E-state index in [4.69, 9.17) is 4.74 Å². The number of hydrogen-bond donors (Lipinski definition) is 1. The van der Waals surface area contributed by atoms with Gasteiger partial charge >= 0.3 is 0 Å². The second-order valence-electron chi connectivity index (χ2n) is 3.48. The Kier molecular flexibility index (Phi) is 4.47. The van der Waals surface area contributed by atoms with Gasteiger partial charge in [0.1, 0.15) is 5.75 Å². The number of ether oxygens (including phenoxy) is 1. The molecule has 1 aromatic rings. The Morgan fingerprint density at radius 2 is 1.93 bits per heavy atom. The third-order valence-electron chi connectivity index (χ3n) is 2.39. The van der Waals surface area contributed by atoms with Crippen LogP contribution in [0.15, 0.2) is 24.3 Å². The Hall–Kier alpha value is -1.02. The van der Waals surface area contributed by atoms with Crippen LogP contribution in [-0.2, 0) is 0 Å². The number of hydrogen-bond acceptors (Lipinski definition) is 2. The van der Waals surface area contributed by atoms with Crippen LogP contribution in [-0.4, -0.2) is 20.2 Å². The monoisotopic (exact) mass is 193 g/mol. The van der Waals surface area contributed by atoms with E-state index in [0.717, 1.165) is 18.8 Å². The molecular formula is C12H19NO. The molecule has 2 heteroatoms. The Morgan fingerprint density at radius 3 is 2.43 bits per heavy atom. The van der Waals surface area contributed by atoms with E-state index in [-0.39, 0.29) is 0 Å². The quantitative estimate of drug-likeness (QED) is 0.775. The van der Waals surface area contributed by atoms with Crippen molar-refractivity contribution in [3.05, 3.63) is 29.8 Å². The summed E-state index contributed by atoms with van der Waals surface area (Å²) in [7, 11) is 1.69. The topological polar surface area (TPSA) is 21.3 Å². The van der Waals surface area contributed by atoms with Crippen molar-refractivity contribution in [3.63, 3.8) is 0 Å². The summed E-state index contributed by atoms with van der Waals surface area (Å²) in [5, 5.41) is 3.34. The normalized spacial score (nSPS) is 12.5. The Labute approximate surface area is 86.3 Å². The van der Waals surface area contributed by atoms with Crippen molar-refractivity contribution in [2.75, 3.05) is 20.2 Å². The van der Waals surface area contributed by atoms with Gasteiger partial charge in [-0.1, -0.05) is 26.0 Å². The number of benzene rings is 1. The number of likely N-dealkylation sites (N-methyl/N-ethyl adjacent to an activating group) is 1. The first-order valence-electron chi connectivity index (χ1n) is 5.12. The molecule has 1 aromatic carbocycles. The minimum atomic E-state index is 0.556. The summed E-state index contributed by atoms with van der Waals surface area (Å²) in [6.07, 6.45) is 0. The van der Waals surface area contributed by atoms with Gasteiger partial charge in [-0.25, -0.2) is 0 Å². The van der Waals surface area contributed by atoms with E-state index < -0.39 is 0 Å². The zero-order valence-electron chi connectivity index (χ0n) is 9.21. The highest BCUT2D eigenvalue weighted by Crippen LogP contribution is 2.18. The van der Waals surface area contributed by atoms with E-state index in [1.165, 1.54) is 5.56 Å². The Balaban J connectivity index is 2.57. The lowest BCUT2D eigenvalue weighted by atomic mass is 10.0. The molecule has 2 nitrogen and oxygen atoms in total. The number of methoxy groups -OCH3 is 1. The molecule has 0 fully saturated rings. The molecule has 0 heterocycles. The zero-order valence-corrected chi connectivity index (χ0v) is 9.21. The fraction of sp³-hybridized carbons (Fsp3) is 0.500. The summed E-state index contributed by atoms with van der Waals surface area (Å²) < 4.78 is 5.11. The van der Waals surface area contributed by atoms with E-state index in [1.807, 2.05) is 12.1 Å². The third-order valence-corrected chi connectivity index (χ3v) is 2.39. The van der Waals surface area contributed by atoms with Gasteiger partial charge in [-0.3, -0.25) is 0 Å². The lowest BCUT2D eigenvalue weighted by Crippen LogP contribution is -2.19. The fourth-order valence-electron chi connectivity index (χ4n) is 1.41. The van der Waals surface area contributed by atoms with Crippen LogP contribution in [0.4, 0.5) is 0 Å². The van der Waals surface area contributed by atoms with Crippen LogP contribution in [0.1, 0.15) is 25.3 Å². The molecular weight excluding hydrogens is 174 g/mol. The van der Waals surface area contributed by atoms with Crippen molar-refractivity contribution < 1.29 is 4.74 Å². The smallest absolute Gasteiger partial charge is 0.118 e. The minimum Gasteiger partial charge on any atom is -0.497 e. The van der Waals surface area contributed by atoms with Gasteiger partial charge in [0.15, 0.2) is 0 Å². The number of rotatable bonds is 5. The molecule has 0 aromatic heterocycles. The first kappa shape index (κ1) is 11.1. The molecule has 0 saturated heterocycles. The second-order valence-corrected chi connectivity index (χ2v) is 3.48. The maximum absolute atomic E-state index is 5.11. The molecule has 0 saturated carbocycles. The third kappa shape index (κ3) is 3.04. The average molecular weight is 193 g/mol. The van der Waals surface area contributed by atoms with Crippen LogP contribution < -0.4 is 10.1 Å². The Morgan fingerprint density at radius 1 is 1.29 bits per heavy atom. The maximum atomic E-state index is 5.11. The molecule has 0 spiro atoms. The molecule has 0 aliphatic rings. The van der Waals surface area contributed by atoms with Crippen LogP contribution in [0.5, 0.6) is 5.75 Å². The van der Waals surface area contributed by atoms with E-state index in [0.29, 0.717) is 5.92 Å². The first-order chi connectivity index (χ1) is 6.77. The van der Waals surface area contributed by atoms with Crippen molar-refractivity contribution >= 4 is 0 Å². The minimum absolute atomic E-state index is 0.556. The van der Waals surface area contributed by atoms with Gasteiger partial charge in [-0.05, 0) is 30.2 Å². The predicted molar refractivity (Wildman–Crippen MR) is 60.0 cm³/mol. The van der Waals surface area contributed by atoms with Gasteiger partial charge in [0, 0.05) is 6.54 Å². The summed E-state index contributed by atoms with van der Waals surface area (Å²) in [5.74, 6) is 1.48. The second kappa shape index (κ2) is 5.66. The molecule has 1 rings (SSSR count). The number of nitrogens with one attached hydrogen (secondary N) is 1.